The average molecular weight is 254 g/mol. The molecule has 1 heterocycles. The fourth-order valence-corrected chi connectivity index (χ4v) is 2.74. The Morgan fingerprint density at radius 1 is 1.28 bits per heavy atom. The van der Waals surface area contributed by atoms with Crippen LogP contribution in [-0.4, -0.2) is 36.5 Å². The van der Waals surface area contributed by atoms with Crippen molar-refractivity contribution >= 4 is 5.91 Å². The number of hydrogen-bond donors (Lipinski definition) is 1. The first-order valence-electron chi connectivity index (χ1n) is 7.57. The molecule has 106 valence electrons. The van der Waals surface area contributed by atoms with E-state index in [0.717, 1.165) is 32.5 Å². The van der Waals surface area contributed by atoms with E-state index in [1.807, 2.05) is 0 Å². The predicted molar refractivity (Wildman–Crippen MR) is 76.5 cm³/mol. The SMILES string of the molecule is CCCC(C)C(=O)N(CC1CCNCC1)C(C)C. The van der Waals surface area contributed by atoms with Gasteiger partial charge in [0.2, 0.25) is 5.91 Å². The molecule has 1 amide bonds. The van der Waals surface area contributed by atoms with Crippen LogP contribution in [0.15, 0.2) is 0 Å². The number of carbonyl (C=O) groups excluding carboxylic acids is 1. The minimum atomic E-state index is 0.180. The Morgan fingerprint density at radius 3 is 2.39 bits per heavy atom. The van der Waals surface area contributed by atoms with Crippen LogP contribution in [0.25, 0.3) is 0 Å². The Hall–Kier alpha value is -0.570. The highest BCUT2D eigenvalue weighted by Crippen LogP contribution is 2.18. The molecular weight excluding hydrogens is 224 g/mol. The fraction of sp³-hybridized carbons (Fsp3) is 0.933. The quantitative estimate of drug-likeness (QED) is 0.790. The minimum Gasteiger partial charge on any atom is -0.340 e. The molecule has 1 rings (SSSR count). The zero-order valence-electron chi connectivity index (χ0n) is 12.5. The van der Waals surface area contributed by atoms with Crippen molar-refractivity contribution < 1.29 is 4.79 Å². The molecule has 1 unspecified atom stereocenters. The van der Waals surface area contributed by atoms with Gasteiger partial charge in [-0.3, -0.25) is 4.79 Å². The van der Waals surface area contributed by atoms with Gasteiger partial charge >= 0.3 is 0 Å². The van der Waals surface area contributed by atoms with Crippen LogP contribution >= 0.6 is 0 Å². The third kappa shape index (κ3) is 4.60. The third-order valence-electron chi connectivity index (χ3n) is 3.96. The van der Waals surface area contributed by atoms with Gasteiger partial charge in [0, 0.05) is 18.5 Å². The summed E-state index contributed by atoms with van der Waals surface area (Å²) >= 11 is 0. The summed E-state index contributed by atoms with van der Waals surface area (Å²) in [6, 6.07) is 0.326. The van der Waals surface area contributed by atoms with Gasteiger partial charge in [0.15, 0.2) is 0 Å². The number of nitrogens with one attached hydrogen (secondary N) is 1. The molecule has 3 heteroatoms. The Morgan fingerprint density at radius 2 is 1.89 bits per heavy atom. The third-order valence-corrected chi connectivity index (χ3v) is 3.96. The Labute approximate surface area is 112 Å². The van der Waals surface area contributed by atoms with Crippen LogP contribution in [0.4, 0.5) is 0 Å². The molecular formula is C15H30N2O. The number of nitrogens with zero attached hydrogens (tertiary/aromatic N) is 1. The molecule has 0 saturated carbocycles. The highest BCUT2D eigenvalue weighted by atomic mass is 16.2. The van der Waals surface area contributed by atoms with E-state index in [2.05, 4.69) is 37.9 Å². The van der Waals surface area contributed by atoms with Gasteiger partial charge in [0.05, 0.1) is 0 Å². The summed E-state index contributed by atoms with van der Waals surface area (Å²) in [4.78, 5) is 14.6. The summed E-state index contributed by atoms with van der Waals surface area (Å²) in [5.41, 5.74) is 0. The maximum absolute atomic E-state index is 12.5. The molecule has 0 spiro atoms. The van der Waals surface area contributed by atoms with E-state index in [-0.39, 0.29) is 5.92 Å². The van der Waals surface area contributed by atoms with Crippen molar-refractivity contribution in [3.8, 4) is 0 Å². The molecule has 1 fully saturated rings. The summed E-state index contributed by atoms with van der Waals surface area (Å²) in [6.07, 6.45) is 4.51. The van der Waals surface area contributed by atoms with Gasteiger partial charge in [0.1, 0.15) is 0 Å². The van der Waals surface area contributed by atoms with E-state index in [1.165, 1.54) is 12.8 Å². The normalized spacial score (nSPS) is 18.9. The van der Waals surface area contributed by atoms with E-state index >= 15 is 0 Å². The largest absolute Gasteiger partial charge is 0.340 e. The lowest BCUT2D eigenvalue weighted by molar-refractivity contribution is -0.137. The van der Waals surface area contributed by atoms with Crippen LogP contribution in [0.2, 0.25) is 0 Å². The summed E-state index contributed by atoms with van der Waals surface area (Å²) in [7, 11) is 0. The maximum Gasteiger partial charge on any atom is 0.225 e. The van der Waals surface area contributed by atoms with E-state index < -0.39 is 0 Å². The lowest BCUT2D eigenvalue weighted by Crippen LogP contribution is -2.45. The summed E-state index contributed by atoms with van der Waals surface area (Å²) in [5.74, 6) is 1.22. The first kappa shape index (κ1) is 15.5. The second kappa shape index (κ2) is 7.78. The van der Waals surface area contributed by atoms with Crippen LogP contribution in [0.1, 0.15) is 53.4 Å². The van der Waals surface area contributed by atoms with Gasteiger partial charge in [-0.1, -0.05) is 20.3 Å². The minimum absolute atomic E-state index is 0.180. The molecule has 3 nitrogen and oxygen atoms in total. The van der Waals surface area contributed by atoms with Gasteiger partial charge in [0.25, 0.3) is 0 Å². The molecule has 1 aliphatic heterocycles. The van der Waals surface area contributed by atoms with Crippen molar-refractivity contribution in [1.29, 1.82) is 0 Å². The maximum atomic E-state index is 12.5. The van der Waals surface area contributed by atoms with Crippen molar-refractivity contribution in [3.05, 3.63) is 0 Å². The van der Waals surface area contributed by atoms with Gasteiger partial charge in [-0.2, -0.15) is 0 Å². The van der Waals surface area contributed by atoms with Gasteiger partial charge in [-0.25, -0.2) is 0 Å². The molecule has 1 N–H and O–H groups in total. The fourth-order valence-electron chi connectivity index (χ4n) is 2.74. The Kier molecular flexibility index (Phi) is 6.69. The Bertz CT molecular complexity index is 247. The van der Waals surface area contributed by atoms with Crippen LogP contribution in [0.5, 0.6) is 0 Å². The summed E-state index contributed by atoms with van der Waals surface area (Å²) < 4.78 is 0. The number of carbonyl (C=O) groups is 1. The molecule has 0 bridgehead atoms. The van der Waals surface area contributed by atoms with Gasteiger partial charge in [-0.05, 0) is 52.1 Å². The molecule has 18 heavy (non-hydrogen) atoms. The molecule has 0 radical (unpaired) electrons. The lowest BCUT2D eigenvalue weighted by Gasteiger charge is -2.34. The number of hydrogen-bond acceptors (Lipinski definition) is 2. The topological polar surface area (TPSA) is 32.3 Å². The zero-order valence-corrected chi connectivity index (χ0v) is 12.5. The van der Waals surface area contributed by atoms with E-state index in [4.69, 9.17) is 0 Å². The first-order valence-corrected chi connectivity index (χ1v) is 7.57. The molecule has 0 aromatic heterocycles. The lowest BCUT2D eigenvalue weighted by atomic mass is 9.95. The van der Waals surface area contributed by atoms with E-state index in [0.29, 0.717) is 17.9 Å². The van der Waals surface area contributed by atoms with E-state index in [1.54, 1.807) is 0 Å². The highest BCUT2D eigenvalue weighted by molar-refractivity contribution is 5.78. The molecule has 1 aliphatic rings. The van der Waals surface area contributed by atoms with Gasteiger partial charge in [-0.15, -0.1) is 0 Å². The zero-order chi connectivity index (χ0) is 13.5. The van der Waals surface area contributed by atoms with Crippen molar-refractivity contribution in [2.75, 3.05) is 19.6 Å². The molecule has 0 aliphatic carbocycles. The smallest absolute Gasteiger partial charge is 0.225 e. The number of rotatable bonds is 6. The second-order valence-corrected chi connectivity index (χ2v) is 5.97. The summed E-state index contributed by atoms with van der Waals surface area (Å²) in [6.45, 7) is 11.7. The van der Waals surface area contributed by atoms with Crippen molar-refractivity contribution in [3.63, 3.8) is 0 Å². The summed E-state index contributed by atoms with van der Waals surface area (Å²) in [5, 5.41) is 3.39. The predicted octanol–water partition coefficient (Wildman–Crippen LogP) is 2.66. The van der Waals surface area contributed by atoms with Crippen LogP contribution < -0.4 is 5.32 Å². The van der Waals surface area contributed by atoms with Crippen LogP contribution in [0.3, 0.4) is 0 Å². The first-order chi connectivity index (χ1) is 8.56. The molecule has 1 saturated heterocycles. The van der Waals surface area contributed by atoms with Crippen molar-refractivity contribution in [1.82, 2.24) is 10.2 Å². The monoisotopic (exact) mass is 254 g/mol. The van der Waals surface area contributed by atoms with Crippen LogP contribution in [-0.2, 0) is 4.79 Å². The van der Waals surface area contributed by atoms with Gasteiger partial charge < -0.3 is 10.2 Å². The highest BCUT2D eigenvalue weighted by Gasteiger charge is 2.25. The van der Waals surface area contributed by atoms with Crippen LogP contribution in [0, 0.1) is 11.8 Å². The number of amides is 1. The average Bonchev–Trinajstić information content (AvgIpc) is 2.36. The molecule has 1 atom stereocenters. The molecule has 0 aromatic rings. The second-order valence-electron chi connectivity index (χ2n) is 5.97. The standard InChI is InChI=1S/C15H30N2O/c1-5-6-13(4)15(18)17(12(2)3)11-14-7-9-16-10-8-14/h12-14,16H,5-11H2,1-4H3. The van der Waals surface area contributed by atoms with Crippen molar-refractivity contribution in [2.45, 2.75) is 59.4 Å². The number of piperidine rings is 1. The van der Waals surface area contributed by atoms with E-state index in [9.17, 15) is 4.79 Å². The van der Waals surface area contributed by atoms with Crippen molar-refractivity contribution in [2.24, 2.45) is 11.8 Å². The molecule has 0 aromatic carbocycles. The Balaban J connectivity index is 2.55.